The van der Waals surface area contributed by atoms with Gasteiger partial charge < -0.3 is 21.3 Å². The molecular formula is C55H44ClN11O4S2. The summed E-state index contributed by atoms with van der Waals surface area (Å²) in [5.41, 5.74) is 7.71. The zero-order valence-corrected chi connectivity index (χ0v) is 42.5. The number of amides is 4. The van der Waals surface area contributed by atoms with Crippen LogP contribution in [-0.2, 0) is 10.8 Å². The summed E-state index contributed by atoms with van der Waals surface area (Å²) in [7, 11) is 0. The van der Waals surface area contributed by atoms with Gasteiger partial charge in [-0.25, -0.2) is 9.97 Å². The average Bonchev–Trinajstić information content (AvgIpc) is 4.03. The molecule has 0 atom stereocenters. The van der Waals surface area contributed by atoms with Gasteiger partial charge in [0.15, 0.2) is 0 Å². The van der Waals surface area contributed by atoms with Crippen molar-refractivity contribution < 1.29 is 19.2 Å². The van der Waals surface area contributed by atoms with Gasteiger partial charge in [-0.15, -0.1) is 22.7 Å². The summed E-state index contributed by atoms with van der Waals surface area (Å²) in [6.45, 7) is 11.0. The van der Waals surface area contributed by atoms with Crippen molar-refractivity contribution in [3.63, 3.8) is 0 Å². The molecule has 0 aliphatic heterocycles. The van der Waals surface area contributed by atoms with Crippen LogP contribution >= 0.6 is 34.3 Å². The van der Waals surface area contributed by atoms with Gasteiger partial charge in [-0.1, -0.05) is 48.0 Å². The Morgan fingerprint density at radius 1 is 0.562 bits per heavy atom. The Kier molecular flexibility index (Phi) is 14.8. The van der Waals surface area contributed by atoms with Crippen molar-refractivity contribution in [1.82, 2.24) is 24.9 Å². The molecule has 9 rings (SSSR count). The van der Waals surface area contributed by atoms with E-state index in [1.54, 1.807) is 105 Å². The third-order valence-electron chi connectivity index (χ3n) is 11.6. The van der Waals surface area contributed by atoms with Gasteiger partial charge in [-0.3, -0.25) is 34.1 Å². The van der Waals surface area contributed by atoms with E-state index >= 15 is 0 Å². The van der Waals surface area contributed by atoms with Gasteiger partial charge in [0.25, 0.3) is 23.6 Å². The van der Waals surface area contributed by atoms with Crippen LogP contribution in [0.5, 0.6) is 0 Å². The Labute approximate surface area is 433 Å². The molecule has 362 valence electrons. The van der Waals surface area contributed by atoms with Gasteiger partial charge in [-0.05, 0) is 137 Å². The minimum absolute atomic E-state index is 0.266. The number of pyridine rings is 1. The van der Waals surface area contributed by atoms with Crippen molar-refractivity contribution in [1.29, 1.82) is 10.5 Å². The number of thiophene rings is 2. The topological polar surface area (TPSA) is 228 Å². The molecule has 15 nitrogen and oxygen atoms in total. The number of benzene rings is 4. The van der Waals surface area contributed by atoms with Crippen molar-refractivity contribution in [2.24, 2.45) is 0 Å². The lowest BCUT2D eigenvalue weighted by Crippen LogP contribution is -2.17. The molecule has 5 heterocycles. The maximum atomic E-state index is 13.1. The average molecular weight is 1020 g/mol. The number of halogens is 1. The normalized spacial score (nSPS) is 11.1. The SMILES string of the molecule is Cc1ccc(NC(=O)c2cccc(C(C)(C)C#N)c2)cc1NC(=O)c1cc2ncc(-c3ccncc3)nc2s1.Cc1ccc(NC(=O)c2cccc(C(C)(C)C#N)c2)cc1NC(=O)c1cc2ncc(Cl)nc2s1. The number of aryl methyl sites for hydroxylation is 2. The molecule has 18 heteroatoms. The fourth-order valence-corrected chi connectivity index (χ4v) is 9.11. The first-order valence-corrected chi connectivity index (χ1v) is 24.5. The molecule has 4 N–H and O–H groups in total. The standard InChI is InChI=1S/C30H24N6O2S.C25H20ClN5O2S/c1-18-7-8-22(34-27(37)20-5-4-6-21(13-20)30(2,3)17-31)14-23(18)35-28(38)26-15-24-29(39-26)36-25(16-33-24)19-9-11-32-12-10-19;1-14-7-8-17(29-22(32)15-5-4-6-16(9-15)25(2,3)13-27)10-18(14)30-23(33)20-11-19-24(34-20)31-21(26)12-28-19/h4-16H,1-3H3,(H,34,37)(H,35,38);4-12H,1-3H3,(H,29,32)(H,30,33). The summed E-state index contributed by atoms with van der Waals surface area (Å²) >= 11 is 8.34. The van der Waals surface area contributed by atoms with Gasteiger partial charge in [0.05, 0.1) is 50.8 Å². The molecule has 0 fully saturated rings. The fourth-order valence-electron chi connectivity index (χ4n) is 7.16. The van der Waals surface area contributed by atoms with Crippen LogP contribution in [0, 0.1) is 36.5 Å². The highest BCUT2D eigenvalue weighted by atomic mass is 35.5. The van der Waals surface area contributed by atoms with Crippen LogP contribution in [-0.4, -0.2) is 48.5 Å². The summed E-state index contributed by atoms with van der Waals surface area (Å²) in [5, 5.41) is 30.6. The van der Waals surface area contributed by atoms with Crippen molar-refractivity contribution in [2.45, 2.75) is 52.4 Å². The first-order valence-electron chi connectivity index (χ1n) is 22.5. The van der Waals surface area contributed by atoms with Crippen LogP contribution in [0.15, 0.2) is 134 Å². The van der Waals surface area contributed by atoms with Crippen molar-refractivity contribution in [3.05, 3.63) is 182 Å². The molecule has 4 amide bonds. The number of nitrogens with one attached hydrogen (secondary N) is 4. The van der Waals surface area contributed by atoms with E-state index in [0.29, 0.717) is 70.0 Å². The predicted molar refractivity (Wildman–Crippen MR) is 287 cm³/mol. The molecule has 4 aromatic carbocycles. The van der Waals surface area contributed by atoms with E-state index in [-0.39, 0.29) is 28.8 Å². The molecular weight excluding hydrogens is 978 g/mol. The second kappa shape index (κ2) is 21.3. The van der Waals surface area contributed by atoms with E-state index in [4.69, 9.17) is 11.6 Å². The Balaban J connectivity index is 0.000000197. The van der Waals surface area contributed by atoms with Gasteiger partial charge in [0.2, 0.25) is 0 Å². The second-order valence-electron chi connectivity index (χ2n) is 17.8. The van der Waals surface area contributed by atoms with Gasteiger partial charge >= 0.3 is 0 Å². The molecule has 0 bridgehead atoms. The lowest BCUT2D eigenvalue weighted by atomic mass is 9.85. The number of rotatable bonds is 11. The third-order valence-corrected chi connectivity index (χ3v) is 13.8. The summed E-state index contributed by atoms with van der Waals surface area (Å²) in [4.78, 5) is 75.4. The number of hydrogen-bond acceptors (Lipinski definition) is 13. The number of hydrogen-bond donors (Lipinski definition) is 4. The lowest BCUT2D eigenvalue weighted by molar-refractivity contribution is 0.101. The van der Waals surface area contributed by atoms with Crippen LogP contribution in [0.1, 0.15) is 90.0 Å². The summed E-state index contributed by atoms with van der Waals surface area (Å²) in [6.07, 6.45) is 6.50. The second-order valence-corrected chi connectivity index (χ2v) is 20.2. The Bertz CT molecular complexity index is 3710. The summed E-state index contributed by atoms with van der Waals surface area (Å²) < 4.78 is 0. The van der Waals surface area contributed by atoms with Gasteiger partial charge in [-0.2, -0.15) is 10.5 Å². The largest absolute Gasteiger partial charge is 0.322 e. The van der Waals surface area contributed by atoms with Crippen molar-refractivity contribution >= 4 is 101 Å². The number of anilines is 4. The Morgan fingerprint density at radius 2 is 1.03 bits per heavy atom. The minimum Gasteiger partial charge on any atom is -0.322 e. The van der Waals surface area contributed by atoms with Gasteiger partial charge in [0.1, 0.15) is 25.8 Å². The highest BCUT2D eigenvalue weighted by Gasteiger charge is 2.23. The molecule has 0 unspecified atom stereocenters. The van der Waals surface area contributed by atoms with E-state index in [1.807, 2.05) is 64.1 Å². The number of fused-ring (bicyclic) bond motifs is 2. The number of carbonyl (C=O) groups excluding carboxylic acids is 4. The van der Waals surface area contributed by atoms with Crippen LogP contribution in [0.3, 0.4) is 0 Å². The molecule has 5 aromatic heterocycles. The zero-order valence-electron chi connectivity index (χ0n) is 40.2. The lowest BCUT2D eigenvalue weighted by Gasteiger charge is -2.17. The molecule has 0 radical (unpaired) electrons. The first-order chi connectivity index (χ1) is 34.9. The molecule has 0 saturated carbocycles. The number of nitrogens with zero attached hydrogens (tertiary/aromatic N) is 7. The predicted octanol–water partition coefficient (Wildman–Crippen LogP) is 12.3. The highest BCUT2D eigenvalue weighted by Crippen LogP contribution is 2.31. The third kappa shape index (κ3) is 11.9. The van der Waals surface area contributed by atoms with E-state index in [0.717, 1.165) is 27.8 Å². The van der Waals surface area contributed by atoms with E-state index in [9.17, 15) is 29.7 Å². The van der Waals surface area contributed by atoms with E-state index < -0.39 is 10.8 Å². The number of nitriles is 2. The molecule has 0 spiro atoms. The van der Waals surface area contributed by atoms with Crippen LogP contribution in [0.25, 0.3) is 32.0 Å². The smallest absolute Gasteiger partial charge is 0.265 e. The quantitative estimate of drug-likeness (QED) is 0.0952. The zero-order chi connectivity index (χ0) is 52.0. The molecule has 73 heavy (non-hydrogen) atoms. The Hall–Kier alpha value is -8.74. The number of aromatic nitrogens is 5. The monoisotopic (exact) mass is 1020 g/mol. The molecule has 0 saturated heterocycles. The van der Waals surface area contributed by atoms with Crippen LogP contribution < -0.4 is 21.3 Å². The summed E-state index contributed by atoms with van der Waals surface area (Å²) in [5.74, 6) is -1.21. The Morgan fingerprint density at radius 3 is 1.51 bits per heavy atom. The highest BCUT2D eigenvalue weighted by molar-refractivity contribution is 7.20. The number of carbonyl (C=O) groups is 4. The van der Waals surface area contributed by atoms with Crippen molar-refractivity contribution in [3.8, 4) is 23.4 Å². The molecule has 0 aliphatic carbocycles. The molecule has 9 aromatic rings. The minimum atomic E-state index is -0.712. The van der Waals surface area contributed by atoms with E-state index in [1.165, 1.54) is 28.9 Å². The van der Waals surface area contributed by atoms with Crippen molar-refractivity contribution in [2.75, 3.05) is 21.3 Å². The van der Waals surface area contributed by atoms with Crippen LogP contribution in [0.4, 0.5) is 22.7 Å². The first kappa shape index (κ1) is 50.6. The fraction of sp³-hybridized carbons (Fsp3) is 0.145. The summed E-state index contributed by atoms with van der Waals surface area (Å²) in [6, 6.07) is 36.2. The van der Waals surface area contributed by atoms with Crippen LogP contribution in [0.2, 0.25) is 5.15 Å². The maximum Gasteiger partial charge on any atom is 0.265 e. The van der Waals surface area contributed by atoms with Gasteiger partial charge in [0, 0.05) is 51.8 Å². The van der Waals surface area contributed by atoms with E-state index in [2.05, 4.69) is 58.3 Å². The maximum absolute atomic E-state index is 13.1. The molecule has 0 aliphatic rings.